The number of sulfone groups is 1. The molecule has 1 aliphatic rings. The molecule has 6 heteroatoms. The van der Waals surface area contributed by atoms with Crippen LogP contribution in [0, 0.1) is 0 Å². The highest BCUT2D eigenvalue weighted by atomic mass is 32.2. The fourth-order valence-electron chi connectivity index (χ4n) is 2.96. The second-order valence-electron chi connectivity index (χ2n) is 6.34. The number of rotatable bonds is 3. The van der Waals surface area contributed by atoms with Gasteiger partial charge in [0.05, 0.1) is 17.0 Å². The van der Waals surface area contributed by atoms with Gasteiger partial charge in [0.25, 0.3) is 0 Å². The van der Waals surface area contributed by atoms with Gasteiger partial charge in [-0.15, -0.1) is 0 Å². The first-order valence-electron chi connectivity index (χ1n) is 7.81. The minimum atomic E-state index is -3.00. The maximum Gasteiger partial charge on any atom is 0.178 e. The van der Waals surface area contributed by atoms with E-state index in [2.05, 4.69) is 5.32 Å². The van der Waals surface area contributed by atoms with Gasteiger partial charge in [-0.2, -0.15) is 0 Å². The number of hydrogen-bond donors (Lipinski definition) is 1. The Bertz CT molecular complexity index is 783. The van der Waals surface area contributed by atoms with E-state index in [1.54, 1.807) is 0 Å². The smallest absolute Gasteiger partial charge is 0.178 e. The number of hydrogen-bond acceptors (Lipinski definition) is 3. The molecule has 126 valence electrons. The van der Waals surface area contributed by atoms with Crippen LogP contribution in [-0.4, -0.2) is 30.6 Å². The van der Waals surface area contributed by atoms with E-state index in [0.29, 0.717) is 11.5 Å². The fourth-order valence-corrected chi connectivity index (χ4v) is 5.51. The third-order valence-electron chi connectivity index (χ3n) is 4.14. The molecule has 2 aromatic rings. The molecule has 4 nitrogen and oxygen atoms in total. The SMILES string of the molecule is CC1(NC(=S)N(c2ccccc2)c2ccccc2)CCS(=O)(=O)C1. The molecule has 0 radical (unpaired) electrons. The van der Waals surface area contributed by atoms with Crippen LogP contribution in [0.1, 0.15) is 13.3 Å². The van der Waals surface area contributed by atoms with Crippen molar-refractivity contribution in [2.75, 3.05) is 16.4 Å². The normalized spacial score (nSPS) is 22.0. The number of anilines is 2. The third kappa shape index (κ3) is 3.76. The number of nitrogens with one attached hydrogen (secondary N) is 1. The molecule has 0 saturated carbocycles. The molecule has 0 spiro atoms. The quantitative estimate of drug-likeness (QED) is 0.852. The third-order valence-corrected chi connectivity index (χ3v) is 6.33. The number of benzene rings is 2. The Morgan fingerprint density at radius 2 is 1.54 bits per heavy atom. The summed E-state index contributed by atoms with van der Waals surface area (Å²) in [5, 5.41) is 3.79. The monoisotopic (exact) mass is 360 g/mol. The molecule has 1 heterocycles. The molecular formula is C18H20N2O2S2. The molecule has 1 atom stereocenters. The molecular weight excluding hydrogens is 340 g/mol. The second kappa shape index (κ2) is 6.53. The maximum absolute atomic E-state index is 11.8. The first-order chi connectivity index (χ1) is 11.4. The summed E-state index contributed by atoms with van der Waals surface area (Å²) in [6, 6.07) is 19.6. The molecule has 0 bridgehead atoms. The summed E-state index contributed by atoms with van der Waals surface area (Å²) in [5.74, 6) is 0.313. The molecule has 2 aromatic carbocycles. The van der Waals surface area contributed by atoms with Crippen LogP contribution < -0.4 is 10.2 Å². The predicted molar refractivity (Wildman–Crippen MR) is 102 cm³/mol. The molecule has 1 fully saturated rings. The van der Waals surface area contributed by atoms with E-state index in [4.69, 9.17) is 12.2 Å². The summed E-state index contributed by atoms with van der Waals surface area (Å²) in [4.78, 5) is 1.94. The topological polar surface area (TPSA) is 49.4 Å². The minimum absolute atomic E-state index is 0.109. The first kappa shape index (κ1) is 16.9. The molecule has 1 N–H and O–H groups in total. The lowest BCUT2D eigenvalue weighted by Crippen LogP contribution is -2.51. The van der Waals surface area contributed by atoms with Crippen molar-refractivity contribution in [1.82, 2.24) is 5.32 Å². The van der Waals surface area contributed by atoms with Gasteiger partial charge >= 0.3 is 0 Å². The predicted octanol–water partition coefficient (Wildman–Crippen LogP) is 3.28. The molecule has 1 saturated heterocycles. The highest BCUT2D eigenvalue weighted by Gasteiger charge is 2.39. The lowest BCUT2D eigenvalue weighted by molar-refractivity contribution is 0.472. The van der Waals surface area contributed by atoms with E-state index in [1.807, 2.05) is 72.5 Å². The Kier molecular flexibility index (Phi) is 4.60. The summed E-state index contributed by atoms with van der Waals surface area (Å²) in [6.07, 6.45) is 0.562. The van der Waals surface area contributed by atoms with Crippen LogP contribution >= 0.6 is 12.2 Å². The van der Waals surface area contributed by atoms with Gasteiger partial charge in [-0.05, 0) is 49.8 Å². The van der Waals surface area contributed by atoms with Crippen molar-refractivity contribution < 1.29 is 8.42 Å². The number of thiocarbonyl (C=S) groups is 1. The van der Waals surface area contributed by atoms with E-state index in [9.17, 15) is 8.42 Å². The molecule has 1 unspecified atom stereocenters. The van der Waals surface area contributed by atoms with Crippen LogP contribution in [-0.2, 0) is 9.84 Å². The van der Waals surface area contributed by atoms with Gasteiger partial charge < -0.3 is 5.32 Å². The molecule has 24 heavy (non-hydrogen) atoms. The number of nitrogens with zero attached hydrogens (tertiary/aromatic N) is 1. The van der Waals surface area contributed by atoms with Crippen molar-refractivity contribution in [2.45, 2.75) is 18.9 Å². The molecule has 0 aromatic heterocycles. The van der Waals surface area contributed by atoms with Crippen molar-refractivity contribution in [3.05, 3.63) is 60.7 Å². The Morgan fingerprint density at radius 3 is 1.96 bits per heavy atom. The van der Waals surface area contributed by atoms with E-state index in [-0.39, 0.29) is 11.5 Å². The van der Waals surface area contributed by atoms with Gasteiger partial charge in [0, 0.05) is 11.4 Å². The Labute approximate surface area is 148 Å². The van der Waals surface area contributed by atoms with Crippen molar-refractivity contribution >= 4 is 38.5 Å². The van der Waals surface area contributed by atoms with Gasteiger partial charge in [0.1, 0.15) is 0 Å². The summed E-state index contributed by atoms with van der Waals surface area (Å²) in [7, 11) is -3.00. The van der Waals surface area contributed by atoms with E-state index in [1.165, 1.54) is 0 Å². The average molecular weight is 361 g/mol. The van der Waals surface area contributed by atoms with Gasteiger partial charge in [-0.25, -0.2) is 8.42 Å². The van der Waals surface area contributed by atoms with Crippen LogP contribution in [0.15, 0.2) is 60.7 Å². The van der Waals surface area contributed by atoms with Crippen molar-refractivity contribution in [2.24, 2.45) is 0 Å². The van der Waals surface area contributed by atoms with E-state index >= 15 is 0 Å². The largest absolute Gasteiger partial charge is 0.356 e. The zero-order valence-electron chi connectivity index (χ0n) is 13.5. The van der Waals surface area contributed by atoms with Gasteiger partial charge in [0.2, 0.25) is 0 Å². The first-order valence-corrected chi connectivity index (χ1v) is 10.0. The van der Waals surface area contributed by atoms with Crippen LogP contribution in [0.25, 0.3) is 0 Å². The number of para-hydroxylation sites is 2. The Morgan fingerprint density at radius 1 is 1.04 bits per heavy atom. The Balaban J connectivity index is 1.90. The second-order valence-corrected chi connectivity index (χ2v) is 8.91. The lowest BCUT2D eigenvalue weighted by atomic mass is 10.0. The Hall–Kier alpha value is -1.92. The fraction of sp³-hybridized carbons (Fsp3) is 0.278. The van der Waals surface area contributed by atoms with E-state index < -0.39 is 15.4 Å². The zero-order chi connectivity index (χ0) is 17.2. The lowest BCUT2D eigenvalue weighted by Gasteiger charge is -2.32. The zero-order valence-corrected chi connectivity index (χ0v) is 15.1. The van der Waals surface area contributed by atoms with Crippen LogP contribution in [0.2, 0.25) is 0 Å². The highest BCUT2D eigenvalue weighted by Crippen LogP contribution is 2.28. The highest BCUT2D eigenvalue weighted by molar-refractivity contribution is 7.91. The van der Waals surface area contributed by atoms with Crippen LogP contribution in [0.4, 0.5) is 11.4 Å². The maximum atomic E-state index is 11.8. The summed E-state index contributed by atoms with van der Waals surface area (Å²) in [6.45, 7) is 1.91. The van der Waals surface area contributed by atoms with Crippen molar-refractivity contribution in [1.29, 1.82) is 0 Å². The standard InChI is InChI=1S/C18H20N2O2S2/c1-18(12-13-24(21,22)14-18)19-17(23)20(15-8-4-2-5-9-15)16-10-6-3-7-11-16/h2-11H,12-14H2,1H3,(H,19,23). The van der Waals surface area contributed by atoms with Crippen molar-refractivity contribution in [3.63, 3.8) is 0 Å². The van der Waals surface area contributed by atoms with Gasteiger partial charge in [-0.3, -0.25) is 4.90 Å². The van der Waals surface area contributed by atoms with Crippen molar-refractivity contribution in [3.8, 4) is 0 Å². The molecule has 3 rings (SSSR count). The van der Waals surface area contributed by atoms with Crippen LogP contribution in [0.3, 0.4) is 0 Å². The summed E-state index contributed by atoms with van der Waals surface area (Å²) in [5.41, 5.74) is 1.34. The summed E-state index contributed by atoms with van der Waals surface area (Å²) < 4.78 is 23.7. The van der Waals surface area contributed by atoms with E-state index in [0.717, 1.165) is 11.4 Å². The van der Waals surface area contributed by atoms with Gasteiger partial charge in [-0.1, -0.05) is 36.4 Å². The minimum Gasteiger partial charge on any atom is -0.356 e. The molecule has 0 amide bonds. The molecule has 0 aliphatic carbocycles. The summed E-state index contributed by atoms with van der Waals surface area (Å²) >= 11 is 5.64. The average Bonchev–Trinajstić information content (AvgIpc) is 2.82. The molecule has 1 aliphatic heterocycles. The van der Waals surface area contributed by atoms with Gasteiger partial charge in [0.15, 0.2) is 14.9 Å². The van der Waals surface area contributed by atoms with Crippen LogP contribution in [0.5, 0.6) is 0 Å².